The van der Waals surface area contributed by atoms with Crippen molar-refractivity contribution in [3.8, 4) is 5.75 Å². The van der Waals surface area contributed by atoms with Crippen LogP contribution >= 0.6 is 22.7 Å². The normalized spacial score (nSPS) is 16.0. The van der Waals surface area contributed by atoms with Crippen LogP contribution in [0.15, 0.2) is 40.2 Å². The SMILES string of the molecule is CCCc1nc(C)c(CN)s1.O=C(O)[C@H]1CN(c2nc3cn[nH]c(=O)c3s2)CCN1S(=O)(=O)c1ccc(OC(F)(F)F)cc1. The van der Waals surface area contributed by atoms with Gasteiger partial charge in [0.15, 0.2) is 5.13 Å². The molecule has 0 spiro atoms. The van der Waals surface area contributed by atoms with Gasteiger partial charge in [0.1, 0.15) is 22.0 Å². The number of alkyl halides is 3. The number of rotatable bonds is 8. The molecule has 1 aliphatic rings. The van der Waals surface area contributed by atoms with Crippen molar-refractivity contribution in [1.29, 1.82) is 0 Å². The molecular formula is C25H28F3N7O6S3. The number of nitrogens with two attached hydrogens (primary N) is 1. The van der Waals surface area contributed by atoms with E-state index >= 15 is 0 Å². The zero-order valence-electron chi connectivity index (χ0n) is 23.4. The number of benzene rings is 1. The Morgan fingerprint density at radius 3 is 2.48 bits per heavy atom. The molecule has 1 aliphatic heterocycles. The Balaban J connectivity index is 0.000000339. The number of aromatic nitrogens is 4. The van der Waals surface area contributed by atoms with Crippen LogP contribution in [0.3, 0.4) is 0 Å². The highest BCUT2D eigenvalue weighted by atomic mass is 32.2. The number of piperazine rings is 1. The van der Waals surface area contributed by atoms with Crippen LogP contribution < -0.4 is 20.9 Å². The fraction of sp³-hybridized carbons (Fsp3) is 0.400. The lowest BCUT2D eigenvalue weighted by Crippen LogP contribution is -2.58. The first-order valence-electron chi connectivity index (χ1n) is 13.1. The number of carboxylic acids is 1. The van der Waals surface area contributed by atoms with Crippen LogP contribution in [0.5, 0.6) is 5.75 Å². The Hall–Kier alpha value is -3.65. The van der Waals surface area contributed by atoms with Gasteiger partial charge >= 0.3 is 12.3 Å². The lowest BCUT2D eigenvalue weighted by Gasteiger charge is -2.38. The maximum Gasteiger partial charge on any atom is 0.573 e. The quantitative estimate of drug-likeness (QED) is 0.249. The number of H-pyrrole nitrogens is 1. The molecule has 0 saturated carbocycles. The molecular weight excluding hydrogens is 648 g/mol. The topological polar surface area (TPSA) is 185 Å². The first-order valence-corrected chi connectivity index (χ1v) is 16.2. The second-order valence-corrected chi connectivity index (χ2v) is 13.5. The number of ether oxygens (including phenoxy) is 1. The molecule has 4 N–H and O–H groups in total. The third-order valence-electron chi connectivity index (χ3n) is 6.34. The van der Waals surface area contributed by atoms with E-state index in [1.165, 1.54) is 16.1 Å². The summed E-state index contributed by atoms with van der Waals surface area (Å²) in [4.78, 5) is 34.8. The maximum atomic E-state index is 13.0. The first-order chi connectivity index (χ1) is 20.7. The van der Waals surface area contributed by atoms with Crippen molar-refractivity contribution in [2.45, 2.75) is 50.5 Å². The highest BCUT2D eigenvalue weighted by Crippen LogP contribution is 2.31. The van der Waals surface area contributed by atoms with Crippen molar-refractivity contribution in [1.82, 2.24) is 24.5 Å². The van der Waals surface area contributed by atoms with Crippen molar-refractivity contribution in [3.05, 3.63) is 56.4 Å². The first kappa shape index (κ1) is 33.2. The standard InChI is InChI=1S/C17H14F3N5O6S2.C8H14N2S/c18-17(19,20)31-9-1-3-10(4-2-9)33(29,30)25-6-5-24(8-12(25)15(27)28)16-22-11-7-21-23-14(26)13(11)32-16;1-3-4-8-10-6(2)7(5-9)11-8/h1-4,7,12H,5-6,8H2,(H,23,26)(H,27,28);3-5,9H2,1-2H3/t12-;/m1./s1. The highest BCUT2D eigenvalue weighted by Gasteiger charge is 2.41. The largest absolute Gasteiger partial charge is 0.573 e. The van der Waals surface area contributed by atoms with Crippen molar-refractivity contribution < 1.29 is 36.2 Å². The fourth-order valence-corrected chi connectivity index (χ4v) is 7.86. The van der Waals surface area contributed by atoms with E-state index in [9.17, 15) is 36.3 Å². The average Bonchev–Trinajstić information content (AvgIpc) is 3.56. The Bertz CT molecular complexity index is 1770. The summed E-state index contributed by atoms with van der Waals surface area (Å²) in [6, 6.07) is 1.99. The number of aromatic amines is 1. The summed E-state index contributed by atoms with van der Waals surface area (Å²) in [6.45, 7) is 4.41. The molecule has 0 bridgehead atoms. The van der Waals surface area contributed by atoms with Gasteiger partial charge in [0.05, 0.1) is 21.8 Å². The minimum atomic E-state index is -4.94. The molecule has 44 heavy (non-hydrogen) atoms. The van der Waals surface area contributed by atoms with Crippen LogP contribution in [0.4, 0.5) is 18.3 Å². The Morgan fingerprint density at radius 2 is 1.91 bits per heavy atom. The molecule has 1 fully saturated rings. The van der Waals surface area contributed by atoms with Gasteiger partial charge in [0, 0.05) is 31.1 Å². The van der Waals surface area contributed by atoms with Crippen LogP contribution in [0.1, 0.15) is 28.9 Å². The van der Waals surface area contributed by atoms with E-state index in [-0.39, 0.29) is 24.5 Å². The van der Waals surface area contributed by atoms with Gasteiger partial charge in [0.25, 0.3) is 5.56 Å². The van der Waals surface area contributed by atoms with E-state index < -0.39 is 39.7 Å². The number of carbonyl (C=O) groups is 1. The van der Waals surface area contributed by atoms with E-state index in [1.54, 1.807) is 16.2 Å². The van der Waals surface area contributed by atoms with E-state index in [0.29, 0.717) is 21.9 Å². The number of hydrogen-bond donors (Lipinski definition) is 3. The molecule has 5 rings (SSSR count). The summed E-state index contributed by atoms with van der Waals surface area (Å²) in [7, 11) is -4.35. The second kappa shape index (κ2) is 13.6. The van der Waals surface area contributed by atoms with Gasteiger partial charge < -0.3 is 20.5 Å². The Kier molecular flexibility index (Phi) is 10.2. The minimum Gasteiger partial charge on any atom is -0.480 e. The summed E-state index contributed by atoms with van der Waals surface area (Å²) in [5, 5.41) is 17.2. The lowest BCUT2D eigenvalue weighted by atomic mass is 10.2. The van der Waals surface area contributed by atoms with Gasteiger partial charge in [-0.05, 0) is 44.0 Å². The second-order valence-electron chi connectivity index (χ2n) is 9.42. The molecule has 0 unspecified atom stereocenters. The van der Waals surface area contributed by atoms with E-state index in [0.717, 1.165) is 58.4 Å². The molecule has 238 valence electrons. The average molecular weight is 676 g/mol. The van der Waals surface area contributed by atoms with E-state index in [2.05, 4.69) is 31.8 Å². The predicted octanol–water partition coefficient (Wildman–Crippen LogP) is 3.11. The van der Waals surface area contributed by atoms with Crippen molar-refractivity contribution in [2.75, 3.05) is 24.5 Å². The van der Waals surface area contributed by atoms with Crippen LogP contribution in [0.25, 0.3) is 10.2 Å². The minimum absolute atomic E-state index is 0.0729. The third-order valence-corrected chi connectivity index (χ3v) is 10.6. The van der Waals surface area contributed by atoms with Crippen LogP contribution in [0, 0.1) is 6.92 Å². The Labute approximate surface area is 257 Å². The summed E-state index contributed by atoms with van der Waals surface area (Å²) in [6.07, 6.45) is -1.34. The van der Waals surface area contributed by atoms with Gasteiger partial charge in [-0.25, -0.2) is 23.5 Å². The number of halogens is 3. The molecule has 3 aromatic heterocycles. The fourth-order valence-electron chi connectivity index (χ4n) is 4.28. The van der Waals surface area contributed by atoms with Crippen molar-refractivity contribution in [3.63, 3.8) is 0 Å². The highest BCUT2D eigenvalue weighted by molar-refractivity contribution is 7.89. The smallest absolute Gasteiger partial charge is 0.480 e. The van der Waals surface area contributed by atoms with Gasteiger partial charge in [0.2, 0.25) is 10.0 Å². The van der Waals surface area contributed by atoms with Gasteiger partial charge in [-0.2, -0.15) is 9.40 Å². The lowest BCUT2D eigenvalue weighted by molar-refractivity contribution is -0.274. The van der Waals surface area contributed by atoms with Gasteiger partial charge in [-0.3, -0.25) is 9.59 Å². The van der Waals surface area contributed by atoms with Gasteiger partial charge in [-0.15, -0.1) is 24.5 Å². The monoisotopic (exact) mass is 675 g/mol. The maximum absolute atomic E-state index is 13.0. The zero-order valence-corrected chi connectivity index (χ0v) is 25.8. The number of aryl methyl sites for hydroxylation is 2. The molecule has 0 amide bonds. The molecule has 4 heterocycles. The summed E-state index contributed by atoms with van der Waals surface area (Å²) in [5.41, 5.74) is 6.51. The third kappa shape index (κ3) is 7.70. The molecule has 1 aromatic carbocycles. The number of carboxylic acid groups (broad SMARTS) is 1. The Morgan fingerprint density at radius 1 is 1.20 bits per heavy atom. The van der Waals surface area contributed by atoms with Crippen molar-refractivity contribution in [2.24, 2.45) is 5.73 Å². The molecule has 4 aromatic rings. The predicted molar refractivity (Wildman–Crippen MR) is 157 cm³/mol. The number of thiazole rings is 2. The summed E-state index contributed by atoms with van der Waals surface area (Å²) >= 11 is 2.77. The molecule has 0 radical (unpaired) electrons. The molecule has 1 saturated heterocycles. The molecule has 19 heteroatoms. The number of anilines is 1. The summed E-state index contributed by atoms with van der Waals surface area (Å²) < 4.78 is 67.9. The van der Waals surface area contributed by atoms with Crippen LogP contribution in [0.2, 0.25) is 0 Å². The van der Waals surface area contributed by atoms with Crippen molar-refractivity contribution >= 4 is 54.0 Å². The number of aliphatic carboxylic acids is 1. The van der Waals surface area contributed by atoms with E-state index in [1.807, 2.05) is 6.92 Å². The molecule has 0 aliphatic carbocycles. The zero-order chi connectivity index (χ0) is 32.2. The number of fused-ring (bicyclic) bond motifs is 1. The summed E-state index contributed by atoms with van der Waals surface area (Å²) in [5.74, 6) is -2.03. The van der Waals surface area contributed by atoms with Gasteiger partial charge in [-0.1, -0.05) is 18.3 Å². The number of sulfonamides is 1. The number of nitrogens with zero attached hydrogens (tertiary/aromatic N) is 5. The van der Waals surface area contributed by atoms with E-state index in [4.69, 9.17) is 5.73 Å². The van der Waals surface area contributed by atoms with Crippen LogP contribution in [-0.4, -0.2) is 76.0 Å². The van der Waals surface area contributed by atoms with Crippen LogP contribution in [-0.2, 0) is 27.8 Å². The number of hydrogen-bond acceptors (Lipinski definition) is 12. The molecule has 13 nitrogen and oxygen atoms in total. The molecule has 1 atom stereocenters. The number of nitrogens with one attached hydrogen (secondary N) is 1.